The maximum absolute atomic E-state index is 13.5. The Labute approximate surface area is 181 Å². The minimum Gasteiger partial charge on any atom is -0.387 e. The predicted molar refractivity (Wildman–Crippen MR) is 111 cm³/mol. The van der Waals surface area contributed by atoms with Gasteiger partial charge in [0.05, 0.1) is 11.4 Å². The molecule has 1 aromatic carbocycles. The van der Waals surface area contributed by atoms with Gasteiger partial charge in [0, 0.05) is 25.3 Å². The number of nitrogens with one attached hydrogen (secondary N) is 3. The lowest BCUT2D eigenvalue weighted by atomic mass is 10.2. The molecular weight excluding hydrogens is 429 g/mol. The third kappa shape index (κ3) is 5.52. The summed E-state index contributed by atoms with van der Waals surface area (Å²) in [5, 5.41) is 17.0. The second-order valence-corrected chi connectivity index (χ2v) is 6.95. The van der Waals surface area contributed by atoms with E-state index in [-0.39, 0.29) is 29.9 Å². The number of aliphatic hydroxyl groups excluding tert-OH is 1. The Kier molecular flexibility index (Phi) is 6.93. The lowest BCUT2D eigenvalue weighted by molar-refractivity contribution is -0.137. The highest BCUT2D eigenvalue weighted by Crippen LogP contribution is 2.36. The van der Waals surface area contributed by atoms with Crippen LogP contribution < -0.4 is 16.0 Å². The van der Waals surface area contributed by atoms with Gasteiger partial charge >= 0.3 is 6.18 Å². The van der Waals surface area contributed by atoms with Gasteiger partial charge in [-0.15, -0.1) is 0 Å². The first-order chi connectivity index (χ1) is 15.2. The van der Waals surface area contributed by atoms with Gasteiger partial charge < -0.3 is 26.0 Å². The molecule has 9 nitrogen and oxygen atoms in total. The van der Waals surface area contributed by atoms with Gasteiger partial charge in [-0.3, -0.25) is 9.59 Å². The number of hydrogen-bond donors (Lipinski definition) is 4. The Morgan fingerprint density at radius 3 is 2.66 bits per heavy atom. The summed E-state index contributed by atoms with van der Waals surface area (Å²) in [6.07, 6.45) is -2.50. The van der Waals surface area contributed by atoms with Crippen molar-refractivity contribution < 1.29 is 27.9 Å². The summed E-state index contributed by atoms with van der Waals surface area (Å²) in [5.41, 5.74) is -0.651. The summed E-state index contributed by atoms with van der Waals surface area (Å²) in [7, 11) is 0. The number of aromatic nitrogens is 2. The molecule has 0 saturated carbocycles. The van der Waals surface area contributed by atoms with E-state index in [2.05, 4.69) is 32.5 Å². The molecule has 0 aliphatic carbocycles. The fourth-order valence-electron chi connectivity index (χ4n) is 3.15. The fraction of sp³-hybridized carbons (Fsp3) is 0.300. The van der Waals surface area contributed by atoms with Crippen molar-refractivity contribution in [1.29, 1.82) is 0 Å². The van der Waals surface area contributed by atoms with E-state index in [1.165, 1.54) is 17.0 Å². The van der Waals surface area contributed by atoms with Crippen molar-refractivity contribution >= 4 is 35.0 Å². The number of nitrogens with zero attached hydrogens (tertiary/aromatic N) is 3. The van der Waals surface area contributed by atoms with Crippen LogP contribution >= 0.6 is 0 Å². The van der Waals surface area contributed by atoms with Gasteiger partial charge in [-0.2, -0.15) is 18.2 Å². The van der Waals surface area contributed by atoms with Crippen molar-refractivity contribution in [2.45, 2.75) is 18.6 Å². The Bertz CT molecular complexity index is 1010. The standard InChI is InChI=1S/C20H21F3N6O3/c1-2-16(31)26-14-5-3-4-6-15(14)27-18-13(20(21,22)23)9-24-19(28-18)25-12-7-8-29(10-12)17(32)11-30/h2-6,9,12,30H,1,7-8,10-11H2,(H,26,31)(H2,24,25,27,28). The number of carbonyl (C=O) groups excluding carboxylic acids is 2. The third-order valence-electron chi connectivity index (χ3n) is 4.73. The van der Waals surface area contributed by atoms with Crippen LogP contribution in [0.4, 0.5) is 36.3 Å². The van der Waals surface area contributed by atoms with Crippen LogP contribution in [0.2, 0.25) is 0 Å². The highest BCUT2D eigenvalue weighted by atomic mass is 19.4. The second kappa shape index (κ2) is 9.64. The smallest absolute Gasteiger partial charge is 0.387 e. The number of hydrogen-bond acceptors (Lipinski definition) is 7. The number of halogens is 3. The molecule has 0 radical (unpaired) electrons. The maximum Gasteiger partial charge on any atom is 0.421 e. The van der Waals surface area contributed by atoms with Crippen LogP contribution in [0, 0.1) is 0 Å². The largest absolute Gasteiger partial charge is 0.421 e. The molecule has 1 aliphatic rings. The SMILES string of the molecule is C=CC(=O)Nc1ccccc1Nc1nc(NC2CCN(C(=O)CO)C2)ncc1C(F)(F)F. The summed E-state index contributed by atoms with van der Waals surface area (Å²) in [4.78, 5) is 32.4. The lowest BCUT2D eigenvalue weighted by Crippen LogP contribution is -2.33. The molecule has 4 N–H and O–H groups in total. The molecule has 1 saturated heterocycles. The molecule has 0 bridgehead atoms. The molecule has 2 aromatic rings. The number of likely N-dealkylation sites (tertiary alicyclic amines) is 1. The Balaban J connectivity index is 1.86. The number of para-hydroxylation sites is 2. The van der Waals surface area contributed by atoms with Crippen LogP contribution in [-0.2, 0) is 15.8 Å². The van der Waals surface area contributed by atoms with Crippen LogP contribution in [0.1, 0.15) is 12.0 Å². The Hall–Kier alpha value is -3.67. The Morgan fingerprint density at radius 1 is 1.28 bits per heavy atom. The zero-order valence-electron chi connectivity index (χ0n) is 16.8. The molecule has 170 valence electrons. The number of aliphatic hydroxyl groups is 1. The zero-order chi connectivity index (χ0) is 23.3. The summed E-state index contributed by atoms with van der Waals surface area (Å²) in [6.45, 7) is 3.41. The van der Waals surface area contributed by atoms with Crippen LogP contribution in [0.3, 0.4) is 0 Å². The average molecular weight is 450 g/mol. The van der Waals surface area contributed by atoms with E-state index in [0.29, 0.717) is 19.2 Å². The van der Waals surface area contributed by atoms with E-state index in [9.17, 15) is 22.8 Å². The molecule has 1 unspecified atom stereocenters. The van der Waals surface area contributed by atoms with E-state index >= 15 is 0 Å². The van der Waals surface area contributed by atoms with E-state index in [0.717, 1.165) is 6.08 Å². The monoisotopic (exact) mass is 450 g/mol. The van der Waals surface area contributed by atoms with Gasteiger partial charge in [0.15, 0.2) is 0 Å². The number of benzene rings is 1. The third-order valence-corrected chi connectivity index (χ3v) is 4.73. The van der Waals surface area contributed by atoms with Gasteiger partial charge in [-0.05, 0) is 24.6 Å². The van der Waals surface area contributed by atoms with Gasteiger partial charge in [0.25, 0.3) is 0 Å². The molecule has 2 heterocycles. The minimum atomic E-state index is -4.72. The highest BCUT2D eigenvalue weighted by molar-refractivity contribution is 6.01. The number of rotatable bonds is 7. The Morgan fingerprint density at radius 2 is 2.00 bits per heavy atom. The summed E-state index contributed by atoms with van der Waals surface area (Å²) < 4.78 is 40.6. The molecule has 1 aliphatic heterocycles. The quantitative estimate of drug-likeness (QED) is 0.478. The van der Waals surface area contributed by atoms with Gasteiger partial charge in [-0.1, -0.05) is 18.7 Å². The van der Waals surface area contributed by atoms with Crippen LogP contribution in [0.15, 0.2) is 43.1 Å². The molecular formula is C20H21F3N6O3. The van der Waals surface area contributed by atoms with Gasteiger partial charge in [0.1, 0.15) is 18.0 Å². The van der Waals surface area contributed by atoms with Crippen molar-refractivity contribution in [3.8, 4) is 0 Å². The van der Waals surface area contributed by atoms with Gasteiger partial charge in [-0.25, -0.2) is 4.98 Å². The normalized spacial score (nSPS) is 15.9. The first-order valence-corrected chi connectivity index (χ1v) is 9.60. The van der Waals surface area contributed by atoms with E-state index < -0.39 is 36.0 Å². The number of anilines is 4. The number of amides is 2. The average Bonchev–Trinajstić information content (AvgIpc) is 3.22. The van der Waals surface area contributed by atoms with E-state index in [4.69, 9.17) is 5.11 Å². The molecule has 12 heteroatoms. The summed E-state index contributed by atoms with van der Waals surface area (Å²) in [5.74, 6) is -1.51. The maximum atomic E-state index is 13.5. The van der Waals surface area contributed by atoms with Crippen LogP contribution in [0.5, 0.6) is 0 Å². The van der Waals surface area contributed by atoms with Crippen LogP contribution in [0.25, 0.3) is 0 Å². The van der Waals surface area contributed by atoms with E-state index in [1.54, 1.807) is 12.1 Å². The second-order valence-electron chi connectivity index (χ2n) is 6.95. The molecule has 1 fully saturated rings. The fourth-order valence-corrected chi connectivity index (χ4v) is 3.15. The van der Waals surface area contributed by atoms with Crippen molar-refractivity contribution in [3.63, 3.8) is 0 Å². The molecule has 0 spiro atoms. The number of alkyl halides is 3. The predicted octanol–water partition coefficient (Wildman–Crippen LogP) is 2.37. The minimum absolute atomic E-state index is 0.0589. The topological polar surface area (TPSA) is 119 Å². The van der Waals surface area contributed by atoms with Gasteiger partial charge in [0.2, 0.25) is 17.8 Å². The lowest BCUT2D eigenvalue weighted by Gasteiger charge is -2.19. The van der Waals surface area contributed by atoms with E-state index in [1.807, 2.05) is 0 Å². The van der Waals surface area contributed by atoms with Crippen molar-refractivity contribution in [3.05, 3.63) is 48.7 Å². The number of carbonyl (C=O) groups is 2. The summed E-state index contributed by atoms with van der Waals surface area (Å²) in [6, 6.07) is 5.92. The van der Waals surface area contributed by atoms with Crippen LogP contribution in [-0.4, -0.2) is 57.5 Å². The van der Waals surface area contributed by atoms with Crippen molar-refractivity contribution in [2.24, 2.45) is 0 Å². The first kappa shape index (κ1) is 23.0. The first-order valence-electron chi connectivity index (χ1n) is 9.60. The van der Waals surface area contributed by atoms with Crippen molar-refractivity contribution in [2.75, 3.05) is 35.6 Å². The molecule has 3 rings (SSSR count). The summed E-state index contributed by atoms with van der Waals surface area (Å²) >= 11 is 0. The van der Waals surface area contributed by atoms with Crippen molar-refractivity contribution in [1.82, 2.24) is 14.9 Å². The highest BCUT2D eigenvalue weighted by Gasteiger charge is 2.36. The molecule has 2 amide bonds. The molecule has 32 heavy (non-hydrogen) atoms. The molecule has 1 atom stereocenters. The zero-order valence-corrected chi connectivity index (χ0v) is 16.8. The molecule has 1 aromatic heterocycles.